The summed E-state index contributed by atoms with van der Waals surface area (Å²) < 4.78 is 0. The first-order valence-corrected chi connectivity index (χ1v) is 7.89. The van der Waals surface area contributed by atoms with Gasteiger partial charge in [0.1, 0.15) is 0 Å². The number of hydrogen-bond acceptors (Lipinski definition) is 3. The van der Waals surface area contributed by atoms with Gasteiger partial charge >= 0.3 is 0 Å². The molecule has 108 valence electrons. The summed E-state index contributed by atoms with van der Waals surface area (Å²) in [4.78, 5) is 0. The number of nitrogens with one attached hydrogen (secondary N) is 3. The molecule has 3 nitrogen and oxygen atoms in total. The Bertz CT molecular complexity index is 186. The van der Waals surface area contributed by atoms with Crippen LogP contribution in [0.1, 0.15) is 52.9 Å². The van der Waals surface area contributed by atoms with Crippen LogP contribution in [0.5, 0.6) is 0 Å². The molecule has 0 amide bonds. The zero-order valence-corrected chi connectivity index (χ0v) is 12.6. The largest absolute Gasteiger partial charge is 0.314 e. The fraction of sp³-hybridized carbons (Fsp3) is 1.00. The molecule has 0 aliphatic heterocycles. The monoisotopic (exact) mass is 255 g/mol. The summed E-state index contributed by atoms with van der Waals surface area (Å²) in [5, 5.41) is 10.6. The van der Waals surface area contributed by atoms with Gasteiger partial charge in [-0.3, -0.25) is 0 Å². The van der Waals surface area contributed by atoms with Gasteiger partial charge in [0.25, 0.3) is 0 Å². The molecule has 0 saturated heterocycles. The molecule has 1 fully saturated rings. The summed E-state index contributed by atoms with van der Waals surface area (Å²) in [7, 11) is 0. The third-order valence-electron chi connectivity index (χ3n) is 4.01. The molecule has 0 aromatic rings. The minimum atomic E-state index is 0.596. The lowest BCUT2D eigenvalue weighted by molar-refractivity contribution is 0.286. The third kappa shape index (κ3) is 7.34. The average molecular weight is 255 g/mol. The van der Waals surface area contributed by atoms with E-state index in [1.165, 1.54) is 32.1 Å². The van der Waals surface area contributed by atoms with E-state index in [1.807, 2.05) is 0 Å². The molecule has 0 spiro atoms. The predicted molar refractivity (Wildman–Crippen MR) is 80.0 cm³/mol. The topological polar surface area (TPSA) is 36.1 Å². The summed E-state index contributed by atoms with van der Waals surface area (Å²) in [5.41, 5.74) is 0. The van der Waals surface area contributed by atoms with Crippen LogP contribution < -0.4 is 16.0 Å². The molecule has 1 aliphatic rings. The molecule has 0 bridgehead atoms. The van der Waals surface area contributed by atoms with Crippen LogP contribution in [0.3, 0.4) is 0 Å². The van der Waals surface area contributed by atoms with E-state index in [0.717, 1.165) is 38.1 Å². The molecule has 0 unspecified atom stereocenters. The van der Waals surface area contributed by atoms with Gasteiger partial charge in [0.15, 0.2) is 0 Å². The highest BCUT2D eigenvalue weighted by Crippen LogP contribution is 2.26. The van der Waals surface area contributed by atoms with Gasteiger partial charge in [-0.2, -0.15) is 0 Å². The fourth-order valence-electron chi connectivity index (χ4n) is 2.71. The van der Waals surface area contributed by atoms with Gasteiger partial charge < -0.3 is 16.0 Å². The lowest BCUT2D eigenvalue weighted by Gasteiger charge is -2.28. The van der Waals surface area contributed by atoms with Crippen molar-refractivity contribution in [2.75, 3.05) is 26.2 Å². The molecule has 3 N–H and O–H groups in total. The Hall–Kier alpha value is -0.120. The van der Waals surface area contributed by atoms with Crippen LogP contribution in [0.15, 0.2) is 0 Å². The molecule has 0 radical (unpaired) electrons. The average Bonchev–Trinajstić information content (AvgIpc) is 2.38. The van der Waals surface area contributed by atoms with E-state index in [0.29, 0.717) is 6.04 Å². The van der Waals surface area contributed by atoms with E-state index < -0.39 is 0 Å². The molecule has 0 atom stereocenters. The van der Waals surface area contributed by atoms with Crippen LogP contribution in [0.4, 0.5) is 0 Å². The van der Waals surface area contributed by atoms with Gasteiger partial charge in [-0.15, -0.1) is 0 Å². The van der Waals surface area contributed by atoms with Gasteiger partial charge in [-0.1, -0.05) is 27.2 Å². The Morgan fingerprint density at radius 3 is 2.22 bits per heavy atom. The van der Waals surface area contributed by atoms with Crippen molar-refractivity contribution in [1.82, 2.24) is 16.0 Å². The molecule has 1 rings (SSSR count). The lowest BCUT2D eigenvalue weighted by Crippen LogP contribution is -2.39. The molecule has 0 heterocycles. The molecule has 18 heavy (non-hydrogen) atoms. The van der Waals surface area contributed by atoms with Crippen molar-refractivity contribution in [3.05, 3.63) is 0 Å². The van der Waals surface area contributed by atoms with Crippen LogP contribution in [-0.2, 0) is 0 Å². The van der Waals surface area contributed by atoms with Gasteiger partial charge in [0.05, 0.1) is 0 Å². The minimum Gasteiger partial charge on any atom is -0.314 e. The first kappa shape index (κ1) is 15.9. The molecular formula is C15H33N3. The Kier molecular flexibility index (Phi) is 8.64. The number of rotatable bonds is 9. The fourth-order valence-corrected chi connectivity index (χ4v) is 2.71. The Morgan fingerprint density at radius 1 is 0.944 bits per heavy atom. The SMILES string of the molecule is CCC1CCC(NCCNCCNC(C)C)CC1. The molecule has 1 aliphatic carbocycles. The molecule has 0 aromatic heterocycles. The summed E-state index contributed by atoms with van der Waals surface area (Å²) in [6.45, 7) is 11.0. The standard InChI is InChI=1S/C15H33N3/c1-4-14-5-7-15(8-6-14)18-12-10-16-9-11-17-13(2)3/h13-18H,4-12H2,1-3H3. The Morgan fingerprint density at radius 2 is 1.61 bits per heavy atom. The number of hydrogen-bond donors (Lipinski definition) is 3. The zero-order valence-electron chi connectivity index (χ0n) is 12.6. The Labute approximate surface area is 113 Å². The van der Waals surface area contributed by atoms with Crippen LogP contribution in [0.25, 0.3) is 0 Å². The quantitative estimate of drug-likeness (QED) is 0.552. The van der Waals surface area contributed by atoms with Gasteiger partial charge in [0.2, 0.25) is 0 Å². The van der Waals surface area contributed by atoms with Crippen LogP contribution in [-0.4, -0.2) is 38.3 Å². The second kappa shape index (κ2) is 9.76. The van der Waals surface area contributed by atoms with Crippen molar-refractivity contribution in [1.29, 1.82) is 0 Å². The Balaban J connectivity index is 1.86. The zero-order chi connectivity index (χ0) is 13.2. The normalized spacial score (nSPS) is 24.7. The lowest BCUT2D eigenvalue weighted by atomic mass is 9.84. The van der Waals surface area contributed by atoms with Crippen LogP contribution in [0, 0.1) is 5.92 Å². The van der Waals surface area contributed by atoms with E-state index in [4.69, 9.17) is 0 Å². The van der Waals surface area contributed by atoms with E-state index in [-0.39, 0.29) is 0 Å². The smallest absolute Gasteiger partial charge is 0.00793 e. The highest BCUT2D eigenvalue weighted by Gasteiger charge is 2.18. The van der Waals surface area contributed by atoms with E-state index >= 15 is 0 Å². The molecule has 3 heteroatoms. The van der Waals surface area contributed by atoms with Crippen molar-refractivity contribution >= 4 is 0 Å². The maximum atomic E-state index is 3.68. The highest BCUT2D eigenvalue weighted by atomic mass is 15.0. The van der Waals surface area contributed by atoms with Crippen molar-refractivity contribution < 1.29 is 0 Å². The third-order valence-corrected chi connectivity index (χ3v) is 4.01. The highest BCUT2D eigenvalue weighted by molar-refractivity contribution is 4.76. The van der Waals surface area contributed by atoms with Crippen LogP contribution in [0.2, 0.25) is 0 Å². The van der Waals surface area contributed by atoms with Gasteiger partial charge in [-0.25, -0.2) is 0 Å². The van der Waals surface area contributed by atoms with E-state index in [2.05, 4.69) is 36.7 Å². The second-order valence-electron chi connectivity index (χ2n) is 5.94. The summed E-state index contributed by atoms with van der Waals surface area (Å²) in [5.74, 6) is 1.00. The summed E-state index contributed by atoms with van der Waals surface area (Å²) >= 11 is 0. The molecular weight excluding hydrogens is 222 g/mol. The minimum absolute atomic E-state index is 0.596. The first-order chi connectivity index (χ1) is 8.72. The van der Waals surface area contributed by atoms with Crippen molar-refractivity contribution in [2.45, 2.75) is 65.0 Å². The summed E-state index contributed by atoms with van der Waals surface area (Å²) in [6.07, 6.45) is 7.00. The predicted octanol–water partition coefficient (Wildman–Crippen LogP) is 2.13. The van der Waals surface area contributed by atoms with Crippen LogP contribution >= 0.6 is 0 Å². The van der Waals surface area contributed by atoms with Crippen molar-refractivity contribution in [2.24, 2.45) is 5.92 Å². The maximum absolute atomic E-state index is 3.68. The summed E-state index contributed by atoms with van der Waals surface area (Å²) in [6, 6.07) is 1.38. The maximum Gasteiger partial charge on any atom is 0.00793 e. The first-order valence-electron chi connectivity index (χ1n) is 7.89. The molecule has 1 saturated carbocycles. The van der Waals surface area contributed by atoms with E-state index in [1.54, 1.807) is 0 Å². The van der Waals surface area contributed by atoms with Gasteiger partial charge in [0, 0.05) is 38.3 Å². The van der Waals surface area contributed by atoms with Crippen molar-refractivity contribution in [3.63, 3.8) is 0 Å². The van der Waals surface area contributed by atoms with Gasteiger partial charge in [-0.05, 0) is 31.6 Å². The van der Waals surface area contributed by atoms with Crippen molar-refractivity contribution in [3.8, 4) is 0 Å². The second-order valence-corrected chi connectivity index (χ2v) is 5.94. The van der Waals surface area contributed by atoms with E-state index in [9.17, 15) is 0 Å². The molecule has 0 aromatic carbocycles.